The number of rotatable bonds is 4. The van der Waals surface area contributed by atoms with E-state index >= 15 is 0 Å². The zero-order valence-corrected chi connectivity index (χ0v) is 14.0. The molecule has 3 rings (SSSR count). The van der Waals surface area contributed by atoms with Gasteiger partial charge in [0.1, 0.15) is 5.69 Å². The molecule has 0 bridgehead atoms. The van der Waals surface area contributed by atoms with Crippen LogP contribution >= 0.6 is 11.6 Å². The van der Waals surface area contributed by atoms with Crippen molar-refractivity contribution in [3.05, 3.63) is 71.0 Å². The SMILES string of the molecule is Cn1cc(C(=O)Nc2ccccc2-c2cccc(Cl)c2)c(C(F)F)n1. The molecule has 0 spiro atoms. The van der Waals surface area contributed by atoms with Gasteiger partial charge in [-0.1, -0.05) is 41.9 Å². The maximum Gasteiger partial charge on any atom is 0.282 e. The Morgan fingerprint density at radius 2 is 1.96 bits per heavy atom. The van der Waals surface area contributed by atoms with Gasteiger partial charge < -0.3 is 5.32 Å². The van der Waals surface area contributed by atoms with Gasteiger partial charge >= 0.3 is 0 Å². The molecule has 2 aromatic carbocycles. The Hall–Kier alpha value is -2.73. The number of halogens is 3. The van der Waals surface area contributed by atoms with Crippen molar-refractivity contribution >= 4 is 23.2 Å². The highest BCUT2D eigenvalue weighted by Gasteiger charge is 2.23. The van der Waals surface area contributed by atoms with Crippen LogP contribution in [0.1, 0.15) is 22.5 Å². The smallest absolute Gasteiger partial charge is 0.282 e. The van der Waals surface area contributed by atoms with Crippen molar-refractivity contribution < 1.29 is 13.6 Å². The second-order valence-electron chi connectivity index (χ2n) is 5.41. The van der Waals surface area contributed by atoms with E-state index < -0.39 is 18.0 Å². The maximum atomic E-state index is 13.1. The number of carbonyl (C=O) groups excluding carboxylic acids is 1. The topological polar surface area (TPSA) is 46.9 Å². The van der Waals surface area contributed by atoms with Crippen LogP contribution in [-0.2, 0) is 7.05 Å². The van der Waals surface area contributed by atoms with E-state index in [0.717, 1.165) is 11.1 Å². The lowest BCUT2D eigenvalue weighted by atomic mass is 10.0. The molecule has 7 heteroatoms. The molecule has 0 saturated heterocycles. The molecule has 3 aromatic rings. The minimum absolute atomic E-state index is 0.154. The first-order valence-corrected chi connectivity index (χ1v) is 7.81. The maximum absolute atomic E-state index is 13.1. The number of nitrogens with zero attached hydrogens (tertiary/aromatic N) is 2. The highest BCUT2D eigenvalue weighted by Crippen LogP contribution is 2.30. The number of hydrogen-bond acceptors (Lipinski definition) is 2. The quantitative estimate of drug-likeness (QED) is 0.716. The molecule has 0 aliphatic heterocycles. The summed E-state index contributed by atoms with van der Waals surface area (Å²) in [4.78, 5) is 12.5. The minimum Gasteiger partial charge on any atom is -0.321 e. The molecule has 25 heavy (non-hydrogen) atoms. The van der Waals surface area contributed by atoms with Crippen LogP contribution in [0.4, 0.5) is 14.5 Å². The molecule has 0 saturated carbocycles. The van der Waals surface area contributed by atoms with Crippen LogP contribution in [-0.4, -0.2) is 15.7 Å². The lowest BCUT2D eigenvalue weighted by Gasteiger charge is -2.11. The molecular weight excluding hydrogens is 348 g/mol. The van der Waals surface area contributed by atoms with Gasteiger partial charge in [-0.25, -0.2) is 8.78 Å². The molecule has 0 fully saturated rings. The fraction of sp³-hybridized carbons (Fsp3) is 0.111. The summed E-state index contributed by atoms with van der Waals surface area (Å²) in [6, 6.07) is 14.3. The molecular formula is C18H14ClF2N3O. The second kappa shape index (κ2) is 7.03. The predicted octanol–water partition coefficient (Wildman–Crippen LogP) is 4.93. The molecule has 0 unspecified atom stereocenters. The van der Waals surface area contributed by atoms with Crippen molar-refractivity contribution in [1.29, 1.82) is 0 Å². The predicted molar refractivity (Wildman–Crippen MR) is 93.0 cm³/mol. The summed E-state index contributed by atoms with van der Waals surface area (Å²) in [5, 5.41) is 6.90. The summed E-state index contributed by atoms with van der Waals surface area (Å²) in [6.07, 6.45) is -1.55. The largest absolute Gasteiger partial charge is 0.321 e. The van der Waals surface area contributed by atoms with Gasteiger partial charge in [-0.15, -0.1) is 0 Å². The Labute approximate surface area is 148 Å². The van der Waals surface area contributed by atoms with Crippen LogP contribution < -0.4 is 5.32 Å². The van der Waals surface area contributed by atoms with E-state index in [0.29, 0.717) is 10.7 Å². The van der Waals surface area contributed by atoms with Gasteiger partial charge in [0.15, 0.2) is 0 Å². The summed E-state index contributed by atoms with van der Waals surface area (Å²) in [6.45, 7) is 0. The van der Waals surface area contributed by atoms with Crippen molar-refractivity contribution in [3.8, 4) is 11.1 Å². The number of hydrogen-bond donors (Lipinski definition) is 1. The minimum atomic E-state index is -2.83. The third kappa shape index (κ3) is 3.69. The van der Waals surface area contributed by atoms with Gasteiger partial charge in [-0.3, -0.25) is 9.48 Å². The average Bonchev–Trinajstić information content (AvgIpc) is 2.98. The van der Waals surface area contributed by atoms with Crippen LogP contribution in [0.5, 0.6) is 0 Å². The van der Waals surface area contributed by atoms with Crippen LogP contribution in [0.15, 0.2) is 54.7 Å². The number of benzene rings is 2. The molecule has 0 aliphatic carbocycles. The van der Waals surface area contributed by atoms with Gasteiger partial charge in [-0.05, 0) is 23.8 Å². The Morgan fingerprint density at radius 3 is 2.68 bits per heavy atom. The number of amides is 1. The van der Waals surface area contributed by atoms with E-state index in [9.17, 15) is 13.6 Å². The number of carbonyl (C=O) groups is 1. The Bertz CT molecular complexity index is 924. The van der Waals surface area contributed by atoms with E-state index in [2.05, 4.69) is 10.4 Å². The first-order chi connectivity index (χ1) is 12.0. The van der Waals surface area contributed by atoms with E-state index in [1.54, 1.807) is 30.3 Å². The Morgan fingerprint density at radius 1 is 1.20 bits per heavy atom. The average molecular weight is 362 g/mol. The third-order valence-electron chi connectivity index (χ3n) is 3.62. The second-order valence-corrected chi connectivity index (χ2v) is 5.85. The highest BCUT2D eigenvalue weighted by atomic mass is 35.5. The van der Waals surface area contributed by atoms with Crippen molar-refractivity contribution in [2.75, 3.05) is 5.32 Å². The Balaban J connectivity index is 1.95. The molecule has 4 nitrogen and oxygen atoms in total. The van der Waals surface area contributed by atoms with Crippen molar-refractivity contribution in [1.82, 2.24) is 9.78 Å². The number of aryl methyl sites for hydroxylation is 1. The molecule has 0 atom stereocenters. The Kier molecular flexibility index (Phi) is 4.81. The van der Waals surface area contributed by atoms with Crippen molar-refractivity contribution in [2.45, 2.75) is 6.43 Å². The zero-order chi connectivity index (χ0) is 18.0. The summed E-state index contributed by atoms with van der Waals surface area (Å²) < 4.78 is 27.3. The standard InChI is InChI=1S/C18H14ClF2N3O/c1-24-10-14(16(23-24)17(20)21)18(25)22-15-8-3-2-7-13(15)11-5-4-6-12(19)9-11/h2-10,17H,1H3,(H,22,25). The lowest BCUT2D eigenvalue weighted by Crippen LogP contribution is -2.14. The van der Waals surface area contributed by atoms with Crippen molar-refractivity contribution in [2.24, 2.45) is 7.05 Å². The fourth-order valence-electron chi connectivity index (χ4n) is 2.53. The molecule has 1 heterocycles. The number of alkyl halides is 2. The lowest BCUT2D eigenvalue weighted by molar-refractivity contribution is 0.101. The summed E-state index contributed by atoms with van der Waals surface area (Å²) in [7, 11) is 1.49. The van der Waals surface area contributed by atoms with Crippen LogP contribution in [0.3, 0.4) is 0 Å². The monoisotopic (exact) mass is 361 g/mol. The first-order valence-electron chi connectivity index (χ1n) is 7.43. The van der Waals surface area contributed by atoms with Gasteiger partial charge in [0.25, 0.3) is 12.3 Å². The molecule has 0 radical (unpaired) electrons. The van der Waals surface area contributed by atoms with Gasteiger partial charge in [0.05, 0.1) is 5.56 Å². The number of aromatic nitrogens is 2. The van der Waals surface area contributed by atoms with E-state index in [-0.39, 0.29) is 5.56 Å². The first kappa shape index (κ1) is 17.1. The summed E-state index contributed by atoms with van der Waals surface area (Å²) >= 11 is 6.03. The molecule has 1 aromatic heterocycles. The normalized spacial score (nSPS) is 10.9. The number of nitrogens with one attached hydrogen (secondary N) is 1. The molecule has 1 N–H and O–H groups in total. The summed E-state index contributed by atoms with van der Waals surface area (Å²) in [5.74, 6) is -0.641. The van der Waals surface area contributed by atoms with E-state index in [4.69, 9.17) is 11.6 Å². The van der Waals surface area contributed by atoms with Crippen LogP contribution in [0.25, 0.3) is 11.1 Å². The summed E-state index contributed by atoms with van der Waals surface area (Å²) in [5.41, 5.74) is 1.35. The fourth-order valence-corrected chi connectivity index (χ4v) is 2.72. The van der Waals surface area contributed by atoms with Gasteiger partial charge in [0, 0.05) is 29.5 Å². The molecule has 0 aliphatic rings. The van der Waals surface area contributed by atoms with Gasteiger partial charge in [-0.2, -0.15) is 5.10 Å². The van der Waals surface area contributed by atoms with Gasteiger partial charge in [0.2, 0.25) is 0 Å². The zero-order valence-electron chi connectivity index (χ0n) is 13.2. The third-order valence-corrected chi connectivity index (χ3v) is 3.85. The molecule has 1 amide bonds. The van der Waals surface area contributed by atoms with Crippen LogP contribution in [0, 0.1) is 0 Å². The number of para-hydroxylation sites is 1. The van der Waals surface area contributed by atoms with E-state index in [1.807, 2.05) is 18.2 Å². The van der Waals surface area contributed by atoms with Crippen LogP contribution in [0.2, 0.25) is 5.02 Å². The van der Waals surface area contributed by atoms with Crippen molar-refractivity contribution in [3.63, 3.8) is 0 Å². The molecule has 128 valence electrons. The van der Waals surface area contributed by atoms with E-state index in [1.165, 1.54) is 17.9 Å². The number of anilines is 1. The highest BCUT2D eigenvalue weighted by molar-refractivity contribution is 6.30.